The van der Waals surface area contributed by atoms with Crippen LogP contribution in [0.15, 0.2) is 0 Å². The normalized spacial score (nSPS) is 11.6. The molecular formula is C4H8NNaO2P. The minimum Gasteiger partial charge on any atom is 0 e. The quantitative estimate of drug-likeness (QED) is 0.323. The zero-order valence-corrected chi connectivity index (χ0v) is 8.72. The summed E-state index contributed by atoms with van der Waals surface area (Å²) in [5, 5.41) is 8.73. The van der Waals surface area contributed by atoms with Crippen LogP contribution in [0, 0.1) is 5.63 Å². The smallest absolute Gasteiger partial charge is 0 e. The molecule has 0 aromatic carbocycles. The molecule has 0 aliphatic heterocycles. The van der Waals surface area contributed by atoms with Crippen LogP contribution < -0.4 is 0 Å². The van der Waals surface area contributed by atoms with Crippen molar-refractivity contribution in [1.82, 2.24) is 4.90 Å². The van der Waals surface area contributed by atoms with E-state index in [2.05, 4.69) is 5.63 Å². The number of aliphatic hydroxyl groups excluding tert-OH is 1. The number of aliphatic hydroxyl groups is 1. The number of hydrogen-bond acceptors (Lipinski definition) is 3. The SMILES string of the molecule is CN(C)C(O)C#P=O.[Na]. The Morgan fingerprint density at radius 2 is 2.11 bits per heavy atom. The summed E-state index contributed by atoms with van der Waals surface area (Å²) < 4.78 is 9.72. The Balaban J connectivity index is 0. The standard InChI is InChI=1S/C4H8NO2P.Na/c1-5(2)4(6)3-8-7;/h4,6H,1-2H3;. The van der Waals surface area contributed by atoms with Crippen molar-refractivity contribution in [3.8, 4) is 5.63 Å². The van der Waals surface area contributed by atoms with Gasteiger partial charge in [-0.25, -0.2) is 0 Å². The van der Waals surface area contributed by atoms with E-state index in [9.17, 15) is 4.57 Å². The largest absolute Gasteiger partial charge is 0 e. The van der Waals surface area contributed by atoms with Crippen molar-refractivity contribution in [3.05, 3.63) is 0 Å². The molecule has 3 nitrogen and oxygen atoms in total. The molecule has 9 heavy (non-hydrogen) atoms. The van der Waals surface area contributed by atoms with Gasteiger partial charge in [0.25, 0.3) is 0 Å². The molecule has 0 aliphatic carbocycles. The second kappa shape index (κ2) is 7.04. The van der Waals surface area contributed by atoms with E-state index in [0.717, 1.165) is 0 Å². The predicted octanol–water partition coefficient (Wildman–Crippen LogP) is -0.264. The van der Waals surface area contributed by atoms with Gasteiger partial charge in [0.2, 0.25) is 0 Å². The first kappa shape index (κ1) is 12.6. The fraction of sp³-hybridized carbons (Fsp3) is 0.750. The van der Waals surface area contributed by atoms with Crippen LogP contribution in [0.5, 0.6) is 0 Å². The van der Waals surface area contributed by atoms with Gasteiger partial charge in [-0.1, -0.05) is 0 Å². The van der Waals surface area contributed by atoms with Crippen molar-refractivity contribution in [3.63, 3.8) is 0 Å². The minimum absolute atomic E-state index is 0. The van der Waals surface area contributed by atoms with Crippen molar-refractivity contribution in [2.24, 2.45) is 0 Å². The van der Waals surface area contributed by atoms with Gasteiger partial charge in [-0.15, -0.1) is 0 Å². The van der Waals surface area contributed by atoms with Crippen molar-refractivity contribution < 1.29 is 9.67 Å². The zero-order chi connectivity index (χ0) is 6.57. The summed E-state index contributed by atoms with van der Waals surface area (Å²) in [7, 11) is 3.08. The number of hydrogen-bond donors (Lipinski definition) is 1. The van der Waals surface area contributed by atoms with E-state index in [0.29, 0.717) is 0 Å². The van der Waals surface area contributed by atoms with Gasteiger partial charge in [-0.05, 0) is 0 Å². The average molecular weight is 156 g/mol. The van der Waals surface area contributed by atoms with Gasteiger partial charge < -0.3 is 0 Å². The molecule has 0 fully saturated rings. The molecule has 1 unspecified atom stereocenters. The molecule has 47 valence electrons. The Hall–Kier alpha value is 0.930. The van der Waals surface area contributed by atoms with Crippen LogP contribution in [0.4, 0.5) is 0 Å². The van der Waals surface area contributed by atoms with Gasteiger partial charge in [0.1, 0.15) is 0 Å². The van der Waals surface area contributed by atoms with Gasteiger partial charge in [0.15, 0.2) is 0 Å². The first-order valence-electron chi connectivity index (χ1n) is 2.11. The van der Waals surface area contributed by atoms with Gasteiger partial charge >= 0.3 is 48.4 Å². The molecule has 0 aliphatic rings. The Kier molecular flexibility index (Phi) is 9.85. The first-order valence-corrected chi connectivity index (χ1v) is 2.92. The summed E-state index contributed by atoms with van der Waals surface area (Å²) in [6.45, 7) is 0. The van der Waals surface area contributed by atoms with Crippen LogP contribution in [-0.4, -0.2) is 59.9 Å². The van der Waals surface area contributed by atoms with Crippen LogP contribution in [0.25, 0.3) is 0 Å². The molecule has 0 saturated carbocycles. The van der Waals surface area contributed by atoms with Gasteiger partial charge in [0.05, 0.1) is 0 Å². The Bertz CT molecular complexity index is 153. The zero-order valence-electron chi connectivity index (χ0n) is 5.83. The Labute approximate surface area is 77.8 Å². The maximum absolute atomic E-state index is 9.72. The maximum atomic E-state index is 9.72. The molecule has 0 saturated heterocycles. The summed E-state index contributed by atoms with van der Waals surface area (Å²) >= 11 is 0. The molecule has 0 amide bonds. The van der Waals surface area contributed by atoms with Crippen LogP contribution >= 0.6 is 7.92 Å². The third kappa shape index (κ3) is 6.82. The average Bonchev–Trinajstić information content (AvgIpc) is 1.67. The fourth-order valence-corrected chi connectivity index (χ4v) is 0.488. The van der Waals surface area contributed by atoms with Gasteiger partial charge in [0, 0.05) is 29.6 Å². The van der Waals surface area contributed by atoms with Crippen LogP contribution in [0.3, 0.4) is 0 Å². The molecule has 0 bridgehead atoms. The van der Waals surface area contributed by atoms with Crippen LogP contribution in [-0.2, 0) is 4.57 Å². The molecule has 0 aromatic heterocycles. The van der Waals surface area contributed by atoms with E-state index in [1.54, 1.807) is 14.1 Å². The van der Waals surface area contributed by atoms with E-state index in [1.807, 2.05) is 0 Å². The van der Waals surface area contributed by atoms with E-state index in [4.69, 9.17) is 5.11 Å². The first-order chi connectivity index (χ1) is 3.68. The molecule has 0 rings (SSSR count). The second-order valence-corrected chi connectivity index (χ2v) is 2.00. The second-order valence-electron chi connectivity index (χ2n) is 1.56. The maximum Gasteiger partial charge on any atom is 0 e. The van der Waals surface area contributed by atoms with Crippen molar-refractivity contribution in [2.75, 3.05) is 14.1 Å². The van der Waals surface area contributed by atoms with E-state index < -0.39 is 6.23 Å². The summed E-state index contributed by atoms with van der Waals surface area (Å²) in [5.41, 5.74) is 2.24. The Morgan fingerprint density at radius 3 is 2.22 bits per heavy atom. The molecule has 1 radical (unpaired) electrons. The topological polar surface area (TPSA) is 40.5 Å². The summed E-state index contributed by atoms with van der Waals surface area (Å²) in [6.07, 6.45) is -0.825. The molecule has 0 aromatic rings. The van der Waals surface area contributed by atoms with Crippen molar-refractivity contribution in [1.29, 1.82) is 0 Å². The van der Waals surface area contributed by atoms with Crippen LogP contribution in [0.2, 0.25) is 0 Å². The molecule has 0 spiro atoms. The molecule has 1 atom stereocenters. The van der Waals surface area contributed by atoms with E-state index in [1.165, 1.54) is 4.90 Å². The molecule has 5 heteroatoms. The number of rotatable bonds is 1. The summed E-state index contributed by atoms with van der Waals surface area (Å²) in [6, 6.07) is 0. The minimum atomic E-state index is -0.825. The van der Waals surface area contributed by atoms with Gasteiger partial charge in [-0.2, -0.15) is 0 Å². The molecule has 0 heterocycles. The monoisotopic (exact) mass is 156 g/mol. The van der Waals surface area contributed by atoms with E-state index >= 15 is 0 Å². The summed E-state index contributed by atoms with van der Waals surface area (Å²) in [5.74, 6) is 0. The molecule has 1 N–H and O–H groups in total. The fourth-order valence-electron chi connectivity index (χ4n) is 0.163. The van der Waals surface area contributed by atoms with E-state index in [-0.39, 0.29) is 37.5 Å². The van der Waals surface area contributed by atoms with Crippen molar-refractivity contribution >= 4 is 37.5 Å². The third-order valence-corrected chi connectivity index (χ3v) is 0.994. The van der Waals surface area contributed by atoms with Crippen molar-refractivity contribution in [2.45, 2.75) is 6.23 Å². The number of nitrogens with zero attached hydrogens (tertiary/aromatic N) is 1. The van der Waals surface area contributed by atoms with Crippen LogP contribution in [0.1, 0.15) is 0 Å². The molecular weight excluding hydrogens is 148 g/mol. The van der Waals surface area contributed by atoms with Gasteiger partial charge in [-0.3, -0.25) is 0 Å². The third-order valence-electron chi connectivity index (χ3n) is 0.657. The predicted molar refractivity (Wildman–Crippen MR) is 36.9 cm³/mol. The summed E-state index contributed by atoms with van der Waals surface area (Å²) in [4.78, 5) is 1.49. The Morgan fingerprint density at radius 1 is 1.67 bits per heavy atom.